The fraction of sp³-hybridized carbons (Fsp3) is 0.520. The number of aryl methyl sites for hydroxylation is 4. The van der Waals surface area contributed by atoms with Gasteiger partial charge in [-0.25, -0.2) is 0 Å². The molecule has 0 bridgehead atoms. The molecule has 33 heavy (non-hydrogen) atoms. The standard InChI is InChI=1S/C25H32N6O2/c1-18-13-19(2)31(27-18)12-10-23(32)30-11-9-22-15-29(14-21-7-5-4-6-8-21)16-25(22,17-30)24-26-20(3)33-28-24/h4-8,13,22H,9-12,14-17H2,1-3H3/t22-,25+/m0/s1. The van der Waals surface area contributed by atoms with Gasteiger partial charge >= 0.3 is 0 Å². The summed E-state index contributed by atoms with van der Waals surface area (Å²) in [6, 6.07) is 12.6. The number of piperidine rings is 1. The zero-order chi connectivity index (χ0) is 23.0. The lowest BCUT2D eigenvalue weighted by Gasteiger charge is -2.42. The predicted molar refractivity (Wildman–Crippen MR) is 123 cm³/mol. The van der Waals surface area contributed by atoms with Gasteiger partial charge in [-0.05, 0) is 37.8 Å². The predicted octanol–water partition coefficient (Wildman–Crippen LogP) is 2.88. The van der Waals surface area contributed by atoms with Crippen LogP contribution in [0.25, 0.3) is 0 Å². The molecule has 2 aliphatic heterocycles. The molecule has 4 heterocycles. The van der Waals surface area contributed by atoms with Gasteiger partial charge in [0.1, 0.15) is 0 Å². The van der Waals surface area contributed by atoms with Gasteiger partial charge in [-0.2, -0.15) is 10.1 Å². The molecule has 0 saturated carbocycles. The molecule has 0 unspecified atom stereocenters. The summed E-state index contributed by atoms with van der Waals surface area (Å²) in [5.41, 5.74) is 3.08. The molecule has 0 aliphatic carbocycles. The third-order valence-electron chi connectivity index (χ3n) is 7.20. The van der Waals surface area contributed by atoms with Gasteiger partial charge in [0, 0.05) is 58.3 Å². The molecular formula is C25H32N6O2. The normalized spacial score (nSPS) is 23.1. The minimum absolute atomic E-state index is 0.169. The molecule has 174 valence electrons. The lowest BCUT2D eigenvalue weighted by atomic mass is 9.72. The van der Waals surface area contributed by atoms with Gasteiger partial charge in [0.15, 0.2) is 5.82 Å². The molecule has 5 rings (SSSR count). The highest BCUT2D eigenvalue weighted by Crippen LogP contribution is 2.44. The Morgan fingerprint density at radius 1 is 1.18 bits per heavy atom. The number of rotatable bonds is 6. The number of hydrogen-bond donors (Lipinski definition) is 0. The molecule has 2 fully saturated rings. The van der Waals surface area contributed by atoms with Crippen LogP contribution in [0.15, 0.2) is 40.9 Å². The Morgan fingerprint density at radius 2 is 2.00 bits per heavy atom. The minimum atomic E-state index is -0.293. The molecule has 0 spiro atoms. The molecule has 1 aromatic carbocycles. The van der Waals surface area contributed by atoms with Crippen molar-refractivity contribution in [2.24, 2.45) is 5.92 Å². The summed E-state index contributed by atoms with van der Waals surface area (Å²) in [4.78, 5) is 22.4. The third-order valence-corrected chi connectivity index (χ3v) is 7.20. The van der Waals surface area contributed by atoms with Crippen LogP contribution in [0.2, 0.25) is 0 Å². The maximum absolute atomic E-state index is 13.2. The highest BCUT2D eigenvalue weighted by atomic mass is 16.5. The monoisotopic (exact) mass is 448 g/mol. The Kier molecular flexibility index (Phi) is 5.78. The fourth-order valence-corrected chi connectivity index (χ4v) is 5.62. The largest absolute Gasteiger partial charge is 0.342 e. The summed E-state index contributed by atoms with van der Waals surface area (Å²) in [6.07, 6.45) is 1.40. The number of fused-ring (bicyclic) bond motifs is 1. The number of hydrogen-bond acceptors (Lipinski definition) is 6. The van der Waals surface area contributed by atoms with Crippen molar-refractivity contribution in [2.45, 2.75) is 52.1 Å². The lowest BCUT2D eigenvalue weighted by Crippen LogP contribution is -2.54. The van der Waals surface area contributed by atoms with Crippen molar-refractivity contribution in [2.75, 3.05) is 26.2 Å². The molecule has 2 aliphatic rings. The first-order chi connectivity index (χ1) is 15.9. The van der Waals surface area contributed by atoms with E-state index in [4.69, 9.17) is 4.52 Å². The first-order valence-electron chi connectivity index (χ1n) is 11.8. The van der Waals surface area contributed by atoms with E-state index in [-0.39, 0.29) is 11.3 Å². The first-order valence-corrected chi connectivity index (χ1v) is 11.8. The van der Waals surface area contributed by atoms with Gasteiger partial charge in [-0.3, -0.25) is 14.4 Å². The molecule has 3 aromatic rings. The second-order valence-electron chi connectivity index (χ2n) is 9.65. The topological polar surface area (TPSA) is 80.3 Å². The average Bonchev–Trinajstić information content (AvgIpc) is 3.48. The third kappa shape index (κ3) is 4.31. The maximum Gasteiger partial charge on any atom is 0.224 e. The van der Waals surface area contributed by atoms with Crippen LogP contribution in [0.3, 0.4) is 0 Å². The van der Waals surface area contributed by atoms with Crippen LogP contribution < -0.4 is 0 Å². The van der Waals surface area contributed by atoms with Gasteiger partial charge in [-0.15, -0.1) is 0 Å². The second kappa shape index (κ2) is 8.74. The van der Waals surface area contributed by atoms with E-state index in [1.807, 2.05) is 42.5 Å². The van der Waals surface area contributed by atoms with Crippen LogP contribution in [0, 0.1) is 26.7 Å². The molecule has 2 aromatic heterocycles. The van der Waals surface area contributed by atoms with E-state index in [2.05, 4.69) is 44.4 Å². The van der Waals surface area contributed by atoms with Crippen molar-refractivity contribution in [3.05, 3.63) is 65.1 Å². The Morgan fingerprint density at radius 3 is 2.70 bits per heavy atom. The number of amides is 1. The number of aromatic nitrogens is 4. The Balaban J connectivity index is 1.33. The number of benzene rings is 1. The van der Waals surface area contributed by atoms with Gasteiger partial charge in [0.2, 0.25) is 11.8 Å². The van der Waals surface area contributed by atoms with Crippen LogP contribution in [-0.4, -0.2) is 61.8 Å². The smallest absolute Gasteiger partial charge is 0.224 e. The fourth-order valence-electron chi connectivity index (χ4n) is 5.62. The average molecular weight is 449 g/mol. The molecular weight excluding hydrogens is 416 g/mol. The zero-order valence-electron chi connectivity index (χ0n) is 19.7. The Hall–Kier alpha value is -3.00. The van der Waals surface area contributed by atoms with Crippen molar-refractivity contribution in [3.63, 3.8) is 0 Å². The molecule has 8 heteroatoms. The van der Waals surface area contributed by atoms with Crippen LogP contribution in [0.5, 0.6) is 0 Å². The summed E-state index contributed by atoms with van der Waals surface area (Å²) < 4.78 is 7.32. The van der Waals surface area contributed by atoms with E-state index in [1.165, 1.54) is 5.56 Å². The number of nitrogens with zero attached hydrogens (tertiary/aromatic N) is 6. The SMILES string of the molecule is Cc1cc(C)n(CCC(=O)N2CC[C@H]3CN(Cc4ccccc4)C[C@@]3(c3noc(C)n3)C2)n1. The highest BCUT2D eigenvalue weighted by molar-refractivity contribution is 5.76. The van der Waals surface area contributed by atoms with E-state index in [1.54, 1.807) is 0 Å². The number of carbonyl (C=O) groups excluding carboxylic acids is 1. The van der Waals surface area contributed by atoms with Crippen LogP contribution in [0.1, 0.15) is 41.5 Å². The summed E-state index contributed by atoms with van der Waals surface area (Å²) in [5, 5.41) is 8.85. The van der Waals surface area contributed by atoms with Crippen LogP contribution in [0.4, 0.5) is 0 Å². The lowest BCUT2D eigenvalue weighted by molar-refractivity contribution is -0.134. The van der Waals surface area contributed by atoms with Crippen molar-refractivity contribution >= 4 is 5.91 Å². The van der Waals surface area contributed by atoms with Gasteiger partial charge in [-0.1, -0.05) is 35.5 Å². The molecule has 0 N–H and O–H groups in total. The Labute approximate surface area is 194 Å². The van der Waals surface area contributed by atoms with E-state index in [0.717, 1.165) is 49.8 Å². The van der Waals surface area contributed by atoms with Gasteiger partial charge in [0.05, 0.1) is 11.1 Å². The van der Waals surface area contributed by atoms with Crippen molar-refractivity contribution < 1.29 is 9.32 Å². The van der Waals surface area contributed by atoms with Crippen LogP contribution >= 0.6 is 0 Å². The van der Waals surface area contributed by atoms with E-state index < -0.39 is 0 Å². The molecule has 1 amide bonds. The van der Waals surface area contributed by atoms with Crippen molar-refractivity contribution in [1.29, 1.82) is 0 Å². The van der Waals surface area contributed by atoms with Crippen molar-refractivity contribution in [3.8, 4) is 0 Å². The van der Waals surface area contributed by atoms with Crippen molar-refractivity contribution in [1.82, 2.24) is 29.7 Å². The molecule has 2 atom stereocenters. The molecule has 2 saturated heterocycles. The number of likely N-dealkylation sites (tertiary alicyclic amines) is 2. The van der Waals surface area contributed by atoms with E-state index >= 15 is 0 Å². The summed E-state index contributed by atoms with van der Waals surface area (Å²) in [6.45, 7) is 10.6. The molecule has 8 nitrogen and oxygen atoms in total. The highest BCUT2D eigenvalue weighted by Gasteiger charge is 2.54. The van der Waals surface area contributed by atoms with E-state index in [0.29, 0.717) is 31.3 Å². The van der Waals surface area contributed by atoms with Gasteiger partial charge in [0.25, 0.3) is 0 Å². The quantitative estimate of drug-likeness (QED) is 0.577. The summed E-state index contributed by atoms with van der Waals surface area (Å²) in [5.74, 6) is 1.89. The second-order valence-corrected chi connectivity index (χ2v) is 9.65. The van der Waals surface area contributed by atoms with E-state index in [9.17, 15) is 4.79 Å². The Bertz CT molecular complexity index is 1120. The van der Waals surface area contributed by atoms with Crippen LogP contribution in [-0.2, 0) is 23.3 Å². The summed E-state index contributed by atoms with van der Waals surface area (Å²) >= 11 is 0. The first kappa shape index (κ1) is 21.8. The summed E-state index contributed by atoms with van der Waals surface area (Å²) in [7, 11) is 0. The maximum atomic E-state index is 13.2. The molecule has 0 radical (unpaired) electrons. The zero-order valence-corrected chi connectivity index (χ0v) is 19.7. The minimum Gasteiger partial charge on any atom is -0.342 e. The number of carbonyl (C=O) groups is 1. The van der Waals surface area contributed by atoms with Gasteiger partial charge < -0.3 is 9.42 Å².